The maximum atomic E-state index is 13.1. The Hall–Kier alpha value is -2.12. The fraction of sp³-hybridized carbons (Fsp3) is 0.583. The fourth-order valence-electron chi connectivity index (χ4n) is 4.15. The first-order chi connectivity index (χ1) is 14.5. The average molecular weight is 446 g/mol. The molecule has 0 radical (unpaired) electrons. The van der Waals surface area contributed by atoms with Crippen LogP contribution < -0.4 is 0 Å². The molecule has 1 aliphatic carbocycles. The normalized spacial score (nSPS) is 25.8. The Kier molecular flexibility index (Phi) is 6.96. The summed E-state index contributed by atoms with van der Waals surface area (Å²) in [4.78, 5) is 27.3. The summed E-state index contributed by atoms with van der Waals surface area (Å²) in [7, 11) is -0.660. The summed E-state index contributed by atoms with van der Waals surface area (Å²) in [6.45, 7) is 11.3. The van der Waals surface area contributed by atoms with Crippen molar-refractivity contribution < 1.29 is 23.5 Å². The zero-order valence-corrected chi connectivity index (χ0v) is 20.5. The van der Waals surface area contributed by atoms with Gasteiger partial charge in [0.05, 0.1) is 13.2 Å². The summed E-state index contributed by atoms with van der Waals surface area (Å²) in [6.07, 6.45) is 4.76. The number of ether oxygens (including phenoxy) is 2. The van der Waals surface area contributed by atoms with Crippen LogP contribution in [0.5, 0.6) is 0 Å². The quantitative estimate of drug-likeness (QED) is 0.366. The van der Waals surface area contributed by atoms with Gasteiger partial charge in [-0.3, -0.25) is 4.90 Å². The molecule has 7 heteroatoms. The zero-order chi connectivity index (χ0) is 22.8. The van der Waals surface area contributed by atoms with Crippen LogP contribution in [-0.4, -0.2) is 50.6 Å². The van der Waals surface area contributed by atoms with Gasteiger partial charge in [-0.2, -0.15) is 0 Å². The van der Waals surface area contributed by atoms with Crippen molar-refractivity contribution >= 4 is 20.4 Å². The second-order valence-electron chi connectivity index (χ2n) is 9.96. The highest BCUT2D eigenvalue weighted by molar-refractivity contribution is 6.74. The number of benzene rings is 1. The molecule has 0 bridgehead atoms. The summed E-state index contributed by atoms with van der Waals surface area (Å²) in [6, 6.07) is 8.73. The number of methoxy groups -OCH3 is 1. The molecular weight excluding hydrogens is 410 g/mol. The standard InChI is InChI=1S/C24H35NO5Si/c1-24(2,3)31(5,6)30-21-14-10-13-19-18(21)15-20(22(26)28-4)25(19)23(27)29-16-17-11-8-7-9-12-17/h7-12,14,18-21H,13,15-16H2,1-6H3/t18-,19-,20-,21-/m0/s1. The van der Waals surface area contributed by atoms with Gasteiger partial charge in [-0.15, -0.1) is 0 Å². The van der Waals surface area contributed by atoms with Crippen molar-refractivity contribution in [1.29, 1.82) is 0 Å². The third kappa shape index (κ3) is 5.04. The minimum absolute atomic E-state index is 0.0347. The van der Waals surface area contributed by atoms with E-state index < -0.39 is 26.4 Å². The summed E-state index contributed by atoms with van der Waals surface area (Å²) in [5, 5.41) is 0.0719. The summed E-state index contributed by atoms with van der Waals surface area (Å²) >= 11 is 0. The lowest BCUT2D eigenvalue weighted by atomic mass is 9.87. The van der Waals surface area contributed by atoms with Gasteiger partial charge in [0.25, 0.3) is 0 Å². The highest BCUT2D eigenvalue weighted by atomic mass is 28.4. The van der Waals surface area contributed by atoms with Gasteiger partial charge in [0, 0.05) is 12.0 Å². The maximum Gasteiger partial charge on any atom is 0.411 e. The van der Waals surface area contributed by atoms with E-state index in [1.807, 2.05) is 30.3 Å². The monoisotopic (exact) mass is 445 g/mol. The van der Waals surface area contributed by atoms with Crippen LogP contribution in [0, 0.1) is 5.92 Å². The van der Waals surface area contributed by atoms with Crippen LogP contribution in [-0.2, 0) is 25.3 Å². The second kappa shape index (κ2) is 9.16. The molecule has 1 fully saturated rings. The Balaban J connectivity index is 1.80. The second-order valence-corrected chi connectivity index (χ2v) is 14.7. The van der Waals surface area contributed by atoms with Gasteiger partial charge in [-0.1, -0.05) is 63.3 Å². The van der Waals surface area contributed by atoms with Gasteiger partial charge >= 0.3 is 12.1 Å². The van der Waals surface area contributed by atoms with Crippen LogP contribution in [0.1, 0.15) is 39.2 Å². The van der Waals surface area contributed by atoms with Crippen LogP contribution in [0.2, 0.25) is 18.1 Å². The predicted octanol–water partition coefficient (Wildman–Crippen LogP) is 4.91. The molecule has 1 saturated heterocycles. The number of nitrogens with zero attached hydrogens (tertiary/aromatic N) is 1. The Bertz CT molecular complexity index is 817. The lowest BCUT2D eigenvalue weighted by Crippen LogP contribution is -2.50. The molecule has 1 aliphatic heterocycles. The van der Waals surface area contributed by atoms with Crippen molar-refractivity contribution in [2.75, 3.05) is 7.11 Å². The van der Waals surface area contributed by atoms with Crippen molar-refractivity contribution in [3.8, 4) is 0 Å². The van der Waals surface area contributed by atoms with Gasteiger partial charge in [-0.05, 0) is 36.5 Å². The van der Waals surface area contributed by atoms with Crippen molar-refractivity contribution in [3.05, 3.63) is 48.0 Å². The van der Waals surface area contributed by atoms with Gasteiger partial charge in [0.1, 0.15) is 12.6 Å². The Labute approximate surface area is 186 Å². The summed E-state index contributed by atoms with van der Waals surface area (Å²) in [5.41, 5.74) is 0.906. The molecule has 31 heavy (non-hydrogen) atoms. The molecular formula is C24H35NO5Si. The van der Waals surface area contributed by atoms with Crippen LogP contribution >= 0.6 is 0 Å². The van der Waals surface area contributed by atoms with Crippen LogP contribution in [0.15, 0.2) is 42.5 Å². The largest absolute Gasteiger partial charge is 0.467 e. The van der Waals surface area contributed by atoms with Gasteiger partial charge in [-0.25, -0.2) is 9.59 Å². The average Bonchev–Trinajstić information content (AvgIpc) is 3.12. The molecule has 0 unspecified atom stereocenters. The molecule has 0 N–H and O–H groups in total. The van der Waals surface area contributed by atoms with E-state index in [1.54, 1.807) is 4.90 Å². The van der Waals surface area contributed by atoms with Gasteiger partial charge in [0.15, 0.2) is 8.32 Å². The van der Waals surface area contributed by atoms with Gasteiger partial charge < -0.3 is 13.9 Å². The summed E-state index contributed by atoms with van der Waals surface area (Å²) in [5.74, 6) is -0.371. The number of carbonyl (C=O) groups is 2. The maximum absolute atomic E-state index is 13.1. The lowest BCUT2D eigenvalue weighted by Gasteiger charge is -2.42. The molecule has 0 spiro atoms. The lowest BCUT2D eigenvalue weighted by molar-refractivity contribution is -0.145. The number of likely N-dealkylation sites (tertiary alicyclic amines) is 1. The molecule has 1 heterocycles. The van der Waals surface area contributed by atoms with Crippen LogP contribution in [0.4, 0.5) is 4.79 Å². The van der Waals surface area contributed by atoms with E-state index in [0.29, 0.717) is 12.8 Å². The van der Waals surface area contributed by atoms with E-state index in [0.717, 1.165) is 5.56 Å². The van der Waals surface area contributed by atoms with Crippen molar-refractivity contribution in [3.63, 3.8) is 0 Å². The third-order valence-electron chi connectivity index (χ3n) is 6.93. The molecule has 1 aromatic carbocycles. The minimum atomic E-state index is -2.02. The number of carbonyl (C=O) groups excluding carboxylic acids is 2. The topological polar surface area (TPSA) is 65.1 Å². The van der Waals surface area contributed by atoms with E-state index in [2.05, 4.69) is 46.0 Å². The van der Waals surface area contributed by atoms with Crippen LogP contribution in [0.3, 0.4) is 0 Å². The first kappa shape index (κ1) is 23.5. The van der Waals surface area contributed by atoms with E-state index in [9.17, 15) is 9.59 Å². The molecule has 0 aromatic heterocycles. The number of amides is 1. The zero-order valence-electron chi connectivity index (χ0n) is 19.5. The van der Waals surface area contributed by atoms with E-state index >= 15 is 0 Å². The summed E-state index contributed by atoms with van der Waals surface area (Å²) < 4.78 is 17.3. The van der Waals surface area contributed by atoms with E-state index in [1.165, 1.54) is 7.11 Å². The number of esters is 1. The molecule has 4 atom stereocenters. The van der Waals surface area contributed by atoms with E-state index in [-0.39, 0.29) is 29.7 Å². The Morgan fingerprint density at radius 2 is 1.84 bits per heavy atom. The van der Waals surface area contributed by atoms with E-state index in [4.69, 9.17) is 13.9 Å². The SMILES string of the molecule is COC(=O)[C@@H]1C[C@@H]2[C@@H](O[Si](C)(C)C(C)(C)C)C=CC[C@@H]2N1C(=O)OCc1ccccc1. The first-order valence-corrected chi connectivity index (χ1v) is 13.9. The Morgan fingerprint density at radius 3 is 2.45 bits per heavy atom. The van der Waals surface area contributed by atoms with Crippen molar-refractivity contribution in [2.45, 2.75) is 76.5 Å². The van der Waals surface area contributed by atoms with Gasteiger partial charge in [0.2, 0.25) is 0 Å². The number of fused-ring (bicyclic) bond motifs is 1. The predicted molar refractivity (Wildman–Crippen MR) is 122 cm³/mol. The highest BCUT2D eigenvalue weighted by Crippen LogP contribution is 2.44. The van der Waals surface area contributed by atoms with Crippen LogP contribution in [0.25, 0.3) is 0 Å². The molecule has 0 saturated carbocycles. The number of rotatable bonds is 5. The van der Waals surface area contributed by atoms with Crippen molar-refractivity contribution in [1.82, 2.24) is 4.90 Å². The number of hydrogen-bond acceptors (Lipinski definition) is 5. The molecule has 6 nitrogen and oxygen atoms in total. The minimum Gasteiger partial charge on any atom is -0.467 e. The fourth-order valence-corrected chi connectivity index (χ4v) is 5.44. The Morgan fingerprint density at radius 1 is 1.16 bits per heavy atom. The van der Waals surface area contributed by atoms with Crippen molar-refractivity contribution in [2.24, 2.45) is 5.92 Å². The smallest absolute Gasteiger partial charge is 0.411 e. The number of hydrogen-bond donors (Lipinski definition) is 0. The molecule has 170 valence electrons. The molecule has 1 amide bonds. The third-order valence-corrected chi connectivity index (χ3v) is 11.4. The molecule has 3 rings (SSSR count). The molecule has 2 aliphatic rings. The highest BCUT2D eigenvalue weighted by Gasteiger charge is 2.52. The first-order valence-electron chi connectivity index (χ1n) is 11.0. The molecule has 1 aromatic rings.